The molecule has 0 unspecified atom stereocenters. The molecule has 0 aliphatic heterocycles. The number of anilines is 2. The zero-order valence-electron chi connectivity index (χ0n) is 20.2. The fourth-order valence-corrected chi connectivity index (χ4v) is 3.68. The van der Waals surface area contributed by atoms with Crippen LogP contribution in [0, 0.1) is 5.41 Å². The van der Waals surface area contributed by atoms with Gasteiger partial charge in [-0.1, -0.05) is 0 Å². The summed E-state index contributed by atoms with van der Waals surface area (Å²) in [6.45, 7) is 4.43. The fraction of sp³-hybridized carbons (Fsp3) is 0.222. The van der Waals surface area contributed by atoms with Crippen molar-refractivity contribution < 1.29 is 9.30 Å². The van der Waals surface area contributed by atoms with Gasteiger partial charge < -0.3 is 21.1 Å². The van der Waals surface area contributed by atoms with Crippen molar-refractivity contribution in [3.63, 3.8) is 0 Å². The van der Waals surface area contributed by atoms with Crippen LogP contribution < -0.4 is 25.7 Å². The summed E-state index contributed by atoms with van der Waals surface area (Å²) in [7, 11) is 2.02. The third kappa shape index (κ3) is 6.60. The van der Waals surface area contributed by atoms with Crippen LogP contribution in [0.4, 0.5) is 17.1 Å². The summed E-state index contributed by atoms with van der Waals surface area (Å²) in [6.07, 6.45) is 10.7. The van der Waals surface area contributed by atoms with E-state index in [1.807, 2.05) is 79.3 Å². The number of imidazole rings is 1. The lowest BCUT2D eigenvalue weighted by Gasteiger charge is -2.16. The molecule has 0 spiro atoms. The minimum absolute atomic E-state index is 0.309. The Hall–Kier alpha value is -4.33. The predicted molar refractivity (Wildman–Crippen MR) is 142 cm³/mol. The van der Waals surface area contributed by atoms with Crippen molar-refractivity contribution in [2.75, 3.05) is 23.8 Å². The SMILES string of the molecule is CCOc1ccc(NC2=CC(=Nc3ccc(NCCCn4cc[n+](C)c4)cc3)C(N)=CC2=N)cc1. The molecular formula is C27H32N7O+. The van der Waals surface area contributed by atoms with E-state index in [4.69, 9.17) is 20.9 Å². The Morgan fingerprint density at radius 1 is 1.06 bits per heavy atom. The Morgan fingerprint density at radius 2 is 1.80 bits per heavy atom. The zero-order valence-corrected chi connectivity index (χ0v) is 20.2. The molecule has 5 N–H and O–H groups in total. The van der Waals surface area contributed by atoms with E-state index >= 15 is 0 Å². The molecule has 0 atom stereocenters. The zero-order chi connectivity index (χ0) is 24.6. The summed E-state index contributed by atoms with van der Waals surface area (Å²) < 4.78 is 9.70. The number of aromatic nitrogens is 2. The van der Waals surface area contributed by atoms with Gasteiger partial charge in [-0.05, 0) is 67.6 Å². The Labute approximate surface area is 206 Å². The predicted octanol–water partition coefficient (Wildman–Crippen LogP) is 4.16. The highest BCUT2D eigenvalue weighted by atomic mass is 16.5. The number of nitrogens with two attached hydrogens (primary N) is 1. The van der Waals surface area contributed by atoms with E-state index in [2.05, 4.69) is 27.7 Å². The summed E-state index contributed by atoms with van der Waals surface area (Å²) in [6, 6.07) is 15.6. The molecule has 0 saturated carbocycles. The molecule has 0 saturated heterocycles. The van der Waals surface area contributed by atoms with Crippen molar-refractivity contribution in [3.8, 4) is 5.75 Å². The van der Waals surface area contributed by atoms with Crippen LogP contribution in [0.25, 0.3) is 0 Å². The maximum atomic E-state index is 8.29. The number of aliphatic imine (C=N–C) groups is 1. The number of hydrogen-bond acceptors (Lipinski definition) is 6. The molecule has 0 amide bonds. The van der Waals surface area contributed by atoms with Crippen LogP contribution in [0.5, 0.6) is 5.75 Å². The molecule has 1 aliphatic carbocycles. The number of aryl methyl sites for hydroxylation is 2. The first-order valence-electron chi connectivity index (χ1n) is 11.7. The molecule has 1 heterocycles. The third-order valence-electron chi connectivity index (χ3n) is 5.47. The van der Waals surface area contributed by atoms with Crippen molar-refractivity contribution >= 4 is 28.5 Å². The Kier molecular flexibility index (Phi) is 7.62. The van der Waals surface area contributed by atoms with Crippen LogP contribution in [0.15, 0.2) is 95.8 Å². The van der Waals surface area contributed by atoms with Gasteiger partial charge in [-0.25, -0.2) is 14.1 Å². The quantitative estimate of drug-likeness (QED) is 0.203. The van der Waals surface area contributed by atoms with Crippen LogP contribution >= 0.6 is 0 Å². The van der Waals surface area contributed by atoms with Gasteiger partial charge in [0.25, 0.3) is 0 Å². The topological polar surface area (TPSA) is 104 Å². The fourth-order valence-electron chi connectivity index (χ4n) is 3.68. The van der Waals surface area contributed by atoms with Crippen LogP contribution in [-0.4, -0.2) is 29.1 Å². The molecule has 1 aromatic heterocycles. The molecule has 8 nitrogen and oxygen atoms in total. The van der Waals surface area contributed by atoms with E-state index in [-0.39, 0.29) is 0 Å². The lowest BCUT2D eigenvalue weighted by atomic mass is 10.0. The number of hydrogen-bond donors (Lipinski definition) is 4. The van der Waals surface area contributed by atoms with Crippen LogP contribution in [0.3, 0.4) is 0 Å². The first kappa shape index (κ1) is 23.8. The number of ether oxygens (including phenoxy) is 1. The van der Waals surface area contributed by atoms with Gasteiger partial charge in [0.15, 0.2) is 0 Å². The van der Waals surface area contributed by atoms with Crippen molar-refractivity contribution in [2.45, 2.75) is 19.9 Å². The van der Waals surface area contributed by atoms with E-state index < -0.39 is 0 Å². The highest BCUT2D eigenvalue weighted by molar-refractivity contribution is 6.23. The van der Waals surface area contributed by atoms with E-state index in [0.29, 0.717) is 29.4 Å². The summed E-state index contributed by atoms with van der Waals surface area (Å²) >= 11 is 0. The second-order valence-corrected chi connectivity index (χ2v) is 8.29. The van der Waals surface area contributed by atoms with E-state index in [1.54, 1.807) is 6.08 Å². The minimum Gasteiger partial charge on any atom is -0.494 e. The average molecular weight is 471 g/mol. The van der Waals surface area contributed by atoms with Crippen LogP contribution in [0.1, 0.15) is 13.3 Å². The number of nitrogens with one attached hydrogen (secondary N) is 3. The molecular weight excluding hydrogens is 438 g/mol. The van der Waals surface area contributed by atoms with Gasteiger partial charge in [0.1, 0.15) is 18.1 Å². The lowest BCUT2D eigenvalue weighted by molar-refractivity contribution is -0.671. The van der Waals surface area contributed by atoms with Crippen molar-refractivity contribution in [1.82, 2.24) is 4.57 Å². The molecule has 0 bridgehead atoms. The lowest BCUT2D eigenvalue weighted by Crippen LogP contribution is -2.23. The van der Waals surface area contributed by atoms with Gasteiger partial charge in [0.2, 0.25) is 6.33 Å². The highest BCUT2D eigenvalue weighted by Crippen LogP contribution is 2.22. The molecule has 3 aromatic rings. The third-order valence-corrected chi connectivity index (χ3v) is 5.47. The molecule has 35 heavy (non-hydrogen) atoms. The Balaban J connectivity index is 1.37. The smallest absolute Gasteiger partial charge is 0.243 e. The number of rotatable bonds is 10. The van der Waals surface area contributed by atoms with Gasteiger partial charge in [-0.3, -0.25) is 5.41 Å². The van der Waals surface area contributed by atoms with E-state index in [1.165, 1.54) is 0 Å². The Bertz CT molecular complexity index is 1250. The first-order valence-corrected chi connectivity index (χ1v) is 11.7. The standard InChI is InChI=1S/C27H32N7O/c1-3-35-23-11-9-22(10-12-23)32-27-18-26(24(28)17-25(27)29)31-21-7-5-20(6-8-21)30-13-4-14-34-16-15-33(2)19-34/h5-12,15-19,29-30,32H,3-4,13-14,28H2,1-2H3/q+1. The van der Waals surface area contributed by atoms with E-state index in [9.17, 15) is 0 Å². The van der Waals surface area contributed by atoms with Gasteiger partial charge in [-0.15, -0.1) is 0 Å². The molecule has 0 fully saturated rings. The summed E-state index contributed by atoms with van der Waals surface area (Å²) in [5.41, 5.74) is 10.9. The second-order valence-electron chi connectivity index (χ2n) is 8.29. The van der Waals surface area contributed by atoms with E-state index in [0.717, 1.165) is 42.3 Å². The monoisotopic (exact) mass is 470 g/mol. The molecule has 4 rings (SSSR count). The maximum Gasteiger partial charge on any atom is 0.243 e. The van der Waals surface area contributed by atoms with Gasteiger partial charge >= 0.3 is 0 Å². The molecule has 180 valence electrons. The van der Waals surface area contributed by atoms with Gasteiger partial charge in [-0.2, -0.15) is 0 Å². The molecule has 1 aliphatic rings. The van der Waals surface area contributed by atoms with Crippen LogP contribution in [-0.2, 0) is 13.6 Å². The van der Waals surface area contributed by atoms with Crippen LogP contribution in [0.2, 0.25) is 0 Å². The molecule has 8 heteroatoms. The maximum absolute atomic E-state index is 8.29. The summed E-state index contributed by atoms with van der Waals surface area (Å²) in [5, 5.41) is 15.0. The summed E-state index contributed by atoms with van der Waals surface area (Å²) in [4.78, 5) is 4.70. The normalized spacial score (nSPS) is 14.5. The largest absolute Gasteiger partial charge is 0.494 e. The van der Waals surface area contributed by atoms with Crippen molar-refractivity contribution in [1.29, 1.82) is 5.41 Å². The number of benzene rings is 2. The van der Waals surface area contributed by atoms with Gasteiger partial charge in [0, 0.05) is 24.3 Å². The van der Waals surface area contributed by atoms with Gasteiger partial charge in [0.05, 0.1) is 48.7 Å². The van der Waals surface area contributed by atoms with Crippen molar-refractivity contribution in [3.05, 3.63) is 90.8 Å². The average Bonchev–Trinajstić information content (AvgIpc) is 3.27. The molecule has 0 radical (unpaired) electrons. The number of allylic oxidation sites excluding steroid dienone is 2. The number of nitrogens with zero attached hydrogens (tertiary/aromatic N) is 3. The Morgan fingerprint density at radius 3 is 2.49 bits per heavy atom. The second kappa shape index (κ2) is 11.2. The highest BCUT2D eigenvalue weighted by Gasteiger charge is 2.15. The minimum atomic E-state index is 0.309. The first-order chi connectivity index (χ1) is 17.0. The molecule has 2 aromatic carbocycles. The van der Waals surface area contributed by atoms with Crippen molar-refractivity contribution in [2.24, 2.45) is 17.8 Å². The summed E-state index contributed by atoms with van der Waals surface area (Å²) in [5.74, 6) is 0.810.